The predicted octanol–water partition coefficient (Wildman–Crippen LogP) is -0.875. The zero-order chi connectivity index (χ0) is 8.27. The molecule has 0 unspecified atom stereocenters. The Balaban J connectivity index is 2.78. The van der Waals surface area contributed by atoms with Crippen molar-refractivity contribution in [2.75, 3.05) is 14.1 Å². The SMILES string of the molecule is C[NH+](C)Cc1ccccc1[Se-]. The number of nitrogens with one attached hydrogen (secondary N) is 1. The summed E-state index contributed by atoms with van der Waals surface area (Å²) in [4.78, 5) is 1.45. The van der Waals surface area contributed by atoms with Gasteiger partial charge in [0.05, 0.1) is 0 Å². The molecule has 0 heterocycles. The van der Waals surface area contributed by atoms with Crippen LogP contribution in [0.1, 0.15) is 5.56 Å². The predicted molar refractivity (Wildman–Crippen MR) is 48.3 cm³/mol. The van der Waals surface area contributed by atoms with Crippen molar-refractivity contribution < 1.29 is 4.90 Å². The number of benzene rings is 1. The molecule has 0 aromatic heterocycles. The Morgan fingerprint density at radius 2 is 1.91 bits per heavy atom. The molecule has 0 radical (unpaired) electrons. The van der Waals surface area contributed by atoms with Crippen molar-refractivity contribution in [1.82, 2.24) is 0 Å². The van der Waals surface area contributed by atoms with Crippen molar-refractivity contribution in [1.29, 1.82) is 0 Å². The Morgan fingerprint density at radius 3 is 2.45 bits per heavy atom. The fraction of sp³-hybridized carbons (Fsp3) is 0.333. The number of quaternary nitrogens is 1. The van der Waals surface area contributed by atoms with Gasteiger partial charge in [-0.2, -0.15) is 0 Å². The molecule has 0 aliphatic carbocycles. The quantitative estimate of drug-likeness (QED) is 0.610. The van der Waals surface area contributed by atoms with Gasteiger partial charge in [-0.1, -0.05) is 0 Å². The summed E-state index contributed by atoms with van der Waals surface area (Å²) >= 11 is 3.06. The van der Waals surface area contributed by atoms with Gasteiger partial charge >= 0.3 is 75.8 Å². The molecule has 0 saturated carbocycles. The molecule has 0 spiro atoms. The van der Waals surface area contributed by atoms with Crippen LogP contribution in [0, 0.1) is 0 Å². The molecule has 0 aliphatic heterocycles. The molecule has 0 saturated heterocycles. The van der Waals surface area contributed by atoms with Crippen molar-refractivity contribution in [3.63, 3.8) is 0 Å². The van der Waals surface area contributed by atoms with E-state index in [1.807, 2.05) is 0 Å². The van der Waals surface area contributed by atoms with Crippen LogP contribution in [0.25, 0.3) is 0 Å². The van der Waals surface area contributed by atoms with Crippen LogP contribution in [0.2, 0.25) is 0 Å². The minimum atomic E-state index is 1.09. The van der Waals surface area contributed by atoms with Gasteiger partial charge in [-0.05, 0) is 0 Å². The number of hydrogen-bond donors (Lipinski definition) is 1. The van der Waals surface area contributed by atoms with Crippen LogP contribution >= 0.6 is 0 Å². The summed E-state index contributed by atoms with van der Waals surface area (Å²) < 4.78 is 1.27. The van der Waals surface area contributed by atoms with E-state index in [-0.39, 0.29) is 0 Å². The molecule has 0 fully saturated rings. The monoisotopic (exact) mass is 215 g/mol. The maximum absolute atomic E-state index is 3.06. The van der Waals surface area contributed by atoms with E-state index in [4.69, 9.17) is 0 Å². The van der Waals surface area contributed by atoms with Gasteiger partial charge in [0, 0.05) is 0 Å². The summed E-state index contributed by atoms with van der Waals surface area (Å²) in [5.74, 6) is 0. The van der Waals surface area contributed by atoms with Crippen molar-refractivity contribution in [3.8, 4) is 0 Å². The van der Waals surface area contributed by atoms with Crippen molar-refractivity contribution >= 4 is 20.5 Å². The number of rotatable bonds is 2. The third kappa shape index (κ3) is 2.66. The molecule has 11 heavy (non-hydrogen) atoms. The van der Waals surface area contributed by atoms with Crippen LogP contribution in [0.5, 0.6) is 0 Å². The molecule has 1 nitrogen and oxygen atoms in total. The van der Waals surface area contributed by atoms with Crippen LogP contribution < -0.4 is 9.36 Å². The van der Waals surface area contributed by atoms with E-state index in [2.05, 4.69) is 54.4 Å². The first-order chi connectivity index (χ1) is 5.20. The minimum absolute atomic E-state index is 1.09. The van der Waals surface area contributed by atoms with Crippen LogP contribution in [0.4, 0.5) is 0 Å². The second-order valence-electron chi connectivity index (χ2n) is 2.99. The molecular formula is C9H13NSe. The first-order valence-electron chi connectivity index (χ1n) is 3.74. The normalized spacial score (nSPS) is 10.5. The Morgan fingerprint density at radius 1 is 1.27 bits per heavy atom. The Kier molecular flexibility index (Phi) is 3.13. The van der Waals surface area contributed by atoms with Crippen LogP contribution in [-0.4, -0.2) is 30.1 Å². The standard InChI is InChI=1S/C9H13NSe/c1-10(2)7-8-5-3-4-6-9(8)11/h3-6,11H,7H2,1-2H3. The van der Waals surface area contributed by atoms with Gasteiger partial charge in [0.1, 0.15) is 0 Å². The zero-order valence-corrected chi connectivity index (χ0v) is 8.64. The third-order valence-corrected chi connectivity index (χ3v) is 2.35. The van der Waals surface area contributed by atoms with Crippen LogP contribution in [0.3, 0.4) is 0 Å². The summed E-state index contributed by atoms with van der Waals surface area (Å²) in [6.45, 7) is 1.09. The zero-order valence-electron chi connectivity index (χ0n) is 6.92. The van der Waals surface area contributed by atoms with Gasteiger partial charge in [-0.15, -0.1) is 0 Å². The number of hydrogen-bond acceptors (Lipinski definition) is 0. The van der Waals surface area contributed by atoms with Gasteiger partial charge < -0.3 is 0 Å². The fourth-order valence-corrected chi connectivity index (χ4v) is 1.49. The molecule has 1 N–H and O–H groups in total. The molecule has 2 heteroatoms. The van der Waals surface area contributed by atoms with Gasteiger partial charge in [0.25, 0.3) is 0 Å². The topological polar surface area (TPSA) is 4.44 Å². The second kappa shape index (κ2) is 3.91. The van der Waals surface area contributed by atoms with E-state index >= 15 is 0 Å². The second-order valence-corrected chi connectivity index (χ2v) is 3.91. The van der Waals surface area contributed by atoms with E-state index in [0.29, 0.717) is 0 Å². The van der Waals surface area contributed by atoms with E-state index in [0.717, 1.165) is 6.54 Å². The summed E-state index contributed by atoms with van der Waals surface area (Å²) in [6.07, 6.45) is 0. The summed E-state index contributed by atoms with van der Waals surface area (Å²) in [5, 5.41) is 0. The first kappa shape index (κ1) is 8.79. The van der Waals surface area contributed by atoms with Crippen molar-refractivity contribution in [2.24, 2.45) is 0 Å². The molecule has 0 bridgehead atoms. The molecule has 1 aromatic rings. The molecule has 0 aliphatic rings. The van der Waals surface area contributed by atoms with E-state index < -0.39 is 0 Å². The van der Waals surface area contributed by atoms with Crippen molar-refractivity contribution in [2.45, 2.75) is 6.54 Å². The maximum atomic E-state index is 3.06. The molecular weight excluding hydrogens is 201 g/mol. The Labute approximate surface area is 76.2 Å². The molecule has 1 aromatic carbocycles. The average Bonchev–Trinajstić information content (AvgIpc) is 1.93. The fourth-order valence-electron chi connectivity index (χ4n) is 1.03. The molecule has 0 atom stereocenters. The summed E-state index contributed by atoms with van der Waals surface area (Å²) in [6, 6.07) is 8.41. The molecule has 0 amide bonds. The molecule has 60 valence electrons. The van der Waals surface area contributed by atoms with E-state index in [9.17, 15) is 0 Å². The van der Waals surface area contributed by atoms with Crippen LogP contribution in [0.15, 0.2) is 24.3 Å². The van der Waals surface area contributed by atoms with Gasteiger partial charge in [0.15, 0.2) is 0 Å². The van der Waals surface area contributed by atoms with Crippen molar-refractivity contribution in [3.05, 3.63) is 29.8 Å². The van der Waals surface area contributed by atoms with Crippen LogP contribution in [-0.2, 0) is 6.54 Å². The van der Waals surface area contributed by atoms with E-state index in [1.165, 1.54) is 14.9 Å². The third-order valence-electron chi connectivity index (χ3n) is 1.52. The first-order valence-corrected chi connectivity index (χ1v) is 4.60. The summed E-state index contributed by atoms with van der Waals surface area (Å²) in [7, 11) is 4.32. The molecule has 1 rings (SSSR count). The average molecular weight is 214 g/mol. The Hall–Kier alpha value is -0.301. The summed E-state index contributed by atoms with van der Waals surface area (Å²) in [5.41, 5.74) is 1.40. The van der Waals surface area contributed by atoms with Gasteiger partial charge in [-0.3, -0.25) is 0 Å². The van der Waals surface area contributed by atoms with Gasteiger partial charge in [-0.25, -0.2) is 0 Å². The van der Waals surface area contributed by atoms with Gasteiger partial charge in [0.2, 0.25) is 0 Å². The Bertz CT molecular complexity index is 233. The van der Waals surface area contributed by atoms with E-state index in [1.54, 1.807) is 0 Å².